The van der Waals surface area contributed by atoms with E-state index >= 15 is 0 Å². The van der Waals surface area contributed by atoms with E-state index in [1.165, 1.54) is 0 Å². The lowest BCUT2D eigenvalue weighted by atomic mass is 9.78. The van der Waals surface area contributed by atoms with Crippen molar-refractivity contribution in [2.45, 2.75) is 64.1 Å². The van der Waals surface area contributed by atoms with Gasteiger partial charge in [-0.2, -0.15) is 0 Å². The van der Waals surface area contributed by atoms with Crippen LogP contribution in [0.1, 0.15) is 46.5 Å². The molecule has 0 aromatic carbocycles. The minimum atomic E-state index is -0.904. The maximum absolute atomic E-state index is 11.7. The van der Waals surface area contributed by atoms with E-state index in [9.17, 15) is 14.7 Å². The van der Waals surface area contributed by atoms with Crippen molar-refractivity contribution in [1.82, 2.24) is 10.6 Å². The molecule has 0 heterocycles. The Kier molecular flexibility index (Phi) is 5.95. The molecular weight excluding hydrogens is 260 g/mol. The maximum Gasteiger partial charge on any atom is 0.306 e. The van der Waals surface area contributed by atoms with Gasteiger partial charge < -0.3 is 20.8 Å². The van der Waals surface area contributed by atoms with Gasteiger partial charge in [0.2, 0.25) is 5.91 Å². The van der Waals surface area contributed by atoms with Crippen molar-refractivity contribution in [3.8, 4) is 0 Å². The number of carbonyl (C=O) groups excluding carboxylic acids is 1. The molecule has 1 aliphatic rings. The van der Waals surface area contributed by atoms with Gasteiger partial charge in [0, 0.05) is 12.6 Å². The van der Waals surface area contributed by atoms with Crippen LogP contribution in [-0.4, -0.2) is 46.3 Å². The number of hydrogen-bond acceptors (Lipinski definition) is 4. The van der Waals surface area contributed by atoms with Gasteiger partial charge in [-0.15, -0.1) is 0 Å². The molecule has 0 radical (unpaired) electrons. The zero-order chi connectivity index (χ0) is 15.3. The Morgan fingerprint density at radius 1 is 1.25 bits per heavy atom. The SMILES string of the molecule is CC(C)NC(=O)C(C)NCC1(O)CCC(C(=O)O)CC1. The normalized spacial score (nSPS) is 28.1. The minimum Gasteiger partial charge on any atom is -0.481 e. The molecule has 0 aliphatic heterocycles. The molecule has 1 rings (SSSR count). The predicted molar refractivity (Wildman–Crippen MR) is 75.3 cm³/mol. The summed E-state index contributed by atoms with van der Waals surface area (Å²) in [6, 6.07) is -0.292. The van der Waals surface area contributed by atoms with Crippen LogP contribution in [0.15, 0.2) is 0 Å². The molecule has 1 amide bonds. The second kappa shape index (κ2) is 7.04. The fourth-order valence-corrected chi connectivity index (χ4v) is 2.42. The smallest absolute Gasteiger partial charge is 0.306 e. The Balaban J connectivity index is 2.38. The van der Waals surface area contributed by atoms with Crippen LogP contribution in [0.25, 0.3) is 0 Å². The second-order valence-electron chi connectivity index (χ2n) is 6.10. The van der Waals surface area contributed by atoms with Crippen LogP contribution in [0.5, 0.6) is 0 Å². The van der Waals surface area contributed by atoms with Crippen molar-refractivity contribution < 1.29 is 19.8 Å². The van der Waals surface area contributed by atoms with E-state index in [2.05, 4.69) is 10.6 Å². The molecule has 0 aromatic rings. The summed E-state index contributed by atoms with van der Waals surface area (Å²) in [5.74, 6) is -1.23. The van der Waals surface area contributed by atoms with E-state index in [0.29, 0.717) is 32.2 Å². The number of rotatable bonds is 6. The standard InChI is InChI=1S/C14H26N2O4/c1-9(2)16-12(17)10(3)15-8-14(20)6-4-11(5-7-14)13(18)19/h9-11,15,20H,4-8H2,1-3H3,(H,16,17)(H,18,19). The van der Waals surface area contributed by atoms with Crippen molar-refractivity contribution in [1.29, 1.82) is 0 Å². The summed E-state index contributed by atoms with van der Waals surface area (Å²) in [5.41, 5.74) is -0.904. The lowest BCUT2D eigenvalue weighted by molar-refractivity contribution is -0.144. The molecule has 1 atom stereocenters. The number of aliphatic carboxylic acids is 1. The first kappa shape index (κ1) is 16.9. The molecule has 6 heteroatoms. The minimum absolute atomic E-state index is 0.0841. The van der Waals surface area contributed by atoms with Crippen LogP contribution in [-0.2, 0) is 9.59 Å². The summed E-state index contributed by atoms with van der Waals surface area (Å²) in [4.78, 5) is 22.6. The summed E-state index contributed by atoms with van der Waals surface area (Å²) in [7, 11) is 0. The van der Waals surface area contributed by atoms with Crippen molar-refractivity contribution in [2.75, 3.05) is 6.54 Å². The quantitative estimate of drug-likeness (QED) is 0.570. The van der Waals surface area contributed by atoms with Gasteiger partial charge in [-0.3, -0.25) is 9.59 Å². The van der Waals surface area contributed by atoms with E-state index in [-0.39, 0.29) is 23.9 Å². The van der Waals surface area contributed by atoms with Crippen LogP contribution in [0.3, 0.4) is 0 Å². The zero-order valence-corrected chi connectivity index (χ0v) is 12.5. The van der Waals surface area contributed by atoms with Crippen LogP contribution in [0.4, 0.5) is 0 Å². The molecule has 6 nitrogen and oxygen atoms in total. The second-order valence-corrected chi connectivity index (χ2v) is 6.10. The van der Waals surface area contributed by atoms with E-state index in [1.807, 2.05) is 13.8 Å². The van der Waals surface area contributed by atoms with Crippen LogP contribution in [0, 0.1) is 5.92 Å². The highest BCUT2D eigenvalue weighted by Crippen LogP contribution is 2.31. The highest BCUT2D eigenvalue weighted by atomic mass is 16.4. The molecular formula is C14H26N2O4. The number of aliphatic hydroxyl groups is 1. The van der Waals surface area contributed by atoms with Crippen molar-refractivity contribution >= 4 is 11.9 Å². The molecule has 1 aliphatic carbocycles. The van der Waals surface area contributed by atoms with E-state index in [0.717, 1.165) is 0 Å². The van der Waals surface area contributed by atoms with Gasteiger partial charge >= 0.3 is 5.97 Å². The average Bonchev–Trinajstić information content (AvgIpc) is 2.35. The summed E-state index contributed by atoms with van der Waals surface area (Å²) in [5, 5.41) is 25.2. The van der Waals surface area contributed by atoms with Gasteiger partial charge in [0.25, 0.3) is 0 Å². The molecule has 1 unspecified atom stereocenters. The van der Waals surface area contributed by atoms with Gasteiger partial charge in [0.1, 0.15) is 0 Å². The molecule has 116 valence electrons. The molecule has 0 spiro atoms. The molecule has 4 N–H and O–H groups in total. The molecule has 0 aromatic heterocycles. The van der Waals surface area contributed by atoms with E-state index in [4.69, 9.17) is 5.11 Å². The summed E-state index contributed by atoms with van der Waals surface area (Å²) in [6.07, 6.45) is 1.88. The summed E-state index contributed by atoms with van der Waals surface area (Å²) < 4.78 is 0. The molecule has 20 heavy (non-hydrogen) atoms. The summed E-state index contributed by atoms with van der Waals surface area (Å²) >= 11 is 0. The Labute approximate surface area is 119 Å². The lowest BCUT2D eigenvalue weighted by Crippen LogP contribution is -2.51. The molecule has 1 fully saturated rings. The van der Waals surface area contributed by atoms with E-state index in [1.54, 1.807) is 6.92 Å². The predicted octanol–water partition coefficient (Wildman–Crippen LogP) is 0.495. The highest BCUT2D eigenvalue weighted by Gasteiger charge is 2.36. The number of nitrogens with one attached hydrogen (secondary N) is 2. The number of carbonyl (C=O) groups is 2. The zero-order valence-electron chi connectivity index (χ0n) is 12.5. The Hall–Kier alpha value is -1.14. The highest BCUT2D eigenvalue weighted by molar-refractivity contribution is 5.81. The van der Waals surface area contributed by atoms with Gasteiger partial charge in [-0.1, -0.05) is 0 Å². The topological polar surface area (TPSA) is 98.7 Å². The third-order valence-electron chi connectivity index (χ3n) is 3.83. The van der Waals surface area contributed by atoms with Gasteiger partial charge in [-0.05, 0) is 46.5 Å². The molecule has 1 saturated carbocycles. The Morgan fingerprint density at radius 2 is 1.80 bits per heavy atom. The number of amides is 1. The fraction of sp³-hybridized carbons (Fsp3) is 0.857. The largest absolute Gasteiger partial charge is 0.481 e. The first-order chi connectivity index (χ1) is 9.23. The maximum atomic E-state index is 11.7. The molecule has 0 bridgehead atoms. The lowest BCUT2D eigenvalue weighted by Gasteiger charge is -2.35. The van der Waals surface area contributed by atoms with Crippen LogP contribution >= 0.6 is 0 Å². The number of carboxylic acids is 1. The van der Waals surface area contributed by atoms with Crippen LogP contribution in [0.2, 0.25) is 0 Å². The fourth-order valence-electron chi connectivity index (χ4n) is 2.42. The average molecular weight is 286 g/mol. The Morgan fingerprint density at radius 3 is 2.25 bits per heavy atom. The van der Waals surface area contributed by atoms with Gasteiger partial charge in [-0.25, -0.2) is 0 Å². The monoisotopic (exact) mass is 286 g/mol. The first-order valence-corrected chi connectivity index (χ1v) is 7.22. The van der Waals surface area contributed by atoms with Crippen molar-refractivity contribution in [2.24, 2.45) is 5.92 Å². The van der Waals surface area contributed by atoms with Crippen LogP contribution < -0.4 is 10.6 Å². The molecule has 0 saturated heterocycles. The van der Waals surface area contributed by atoms with Crippen molar-refractivity contribution in [3.05, 3.63) is 0 Å². The summed E-state index contributed by atoms with van der Waals surface area (Å²) in [6.45, 7) is 5.85. The third kappa shape index (κ3) is 5.09. The number of carboxylic acid groups (broad SMARTS) is 1. The van der Waals surface area contributed by atoms with Crippen molar-refractivity contribution in [3.63, 3.8) is 0 Å². The van der Waals surface area contributed by atoms with Gasteiger partial charge in [0.05, 0.1) is 17.6 Å². The Bertz CT molecular complexity index is 349. The van der Waals surface area contributed by atoms with Gasteiger partial charge in [0.15, 0.2) is 0 Å². The number of hydrogen-bond donors (Lipinski definition) is 4. The van der Waals surface area contributed by atoms with E-state index < -0.39 is 11.6 Å². The third-order valence-corrected chi connectivity index (χ3v) is 3.83. The first-order valence-electron chi connectivity index (χ1n) is 7.22.